The summed E-state index contributed by atoms with van der Waals surface area (Å²) in [5, 5.41) is 0. The summed E-state index contributed by atoms with van der Waals surface area (Å²) in [4.78, 5) is 39.0. The van der Waals surface area contributed by atoms with Crippen molar-refractivity contribution in [2.45, 2.75) is 26.8 Å². The highest BCUT2D eigenvalue weighted by atomic mass is 16.5. The smallest absolute Gasteiger partial charge is 0.332 e. The first-order valence-electron chi connectivity index (χ1n) is 9.05. The summed E-state index contributed by atoms with van der Waals surface area (Å²) < 4.78 is 7.78. The number of anilines is 1. The third-order valence-electron chi connectivity index (χ3n) is 4.90. The van der Waals surface area contributed by atoms with Crippen LogP contribution in [0.25, 0.3) is 0 Å². The molecule has 1 aromatic carbocycles. The van der Waals surface area contributed by atoms with Crippen LogP contribution in [0.1, 0.15) is 28.4 Å². The van der Waals surface area contributed by atoms with Crippen LogP contribution >= 0.6 is 0 Å². The Bertz CT molecular complexity index is 986. The van der Waals surface area contributed by atoms with Crippen LogP contribution in [0.4, 0.5) is 5.82 Å². The molecule has 0 fully saturated rings. The number of Topliss-reactive ketones (excluding diaryl/α,β-unsaturated/α-hetero) is 1. The molecule has 152 valence electrons. The Balaban J connectivity index is 2.11. The first-order chi connectivity index (χ1) is 13.0. The van der Waals surface area contributed by atoms with E-state index in [-0.39, 0.29) is 11.4 Å². The van der Waals surface area contributed by atoms with Gasteiger partial charge in [0.2, 0.25) is 0 Å². The van der Waals surface area contributed by atoms with Gasteiger partial charge in [0.1, 0.15) is 23.7 Å². The molecule has 0 bridgehead atoms. The molecule has 0 aliphatic rings. The molecule has 0 spiro atoms. The van der Waals surface area contributed by atoms with Crippen molar-refractivity contribution in [3.8, 4) is 5.75 Å². The number of carbonyl (C=O) groups excluding carboxylic acids is 1. The summed E-state index contributed by atoms with van der Waals surface area (Å²) in [6.07, 6.45) is 0. The maximum Gasteiger partial charge on any atom is 0.332 e. The van der Waals surface area contributed by atoms with E-state index < -0.39 is 23.1 Å². The van der Waals surface area contributed by atoms with Gasteiger partial charge in [0.15, 0.2) is 5.78 Å². The van der Waals surface area contributed by atoms with Gasteiger partial charge in [-0.05, 0) is 51.1 Å². The SMILES string of the molecule is Cc1cc(C)cc(OCCN(C)C(C)C(=O)c2c(N)n(C)c(=O)n(C)c2=O)c1. The Morgan fingerprint density at radius 2 is 1.71 bits per heavy atom. The third-order valence-corrected chi connectivity index (χ3v) is 4.90. The molecule has 1 unspecified atom stereocenters. The lowest BCUT2D eigenvalue weighted by Crippen LogP contribution is -2.46. The standard InChI is InChI=1S/C20H28N4O4/c1-12-9-13(2)11-15(10-12)28-8-7-22(4)14(3)17(25)16-18(21)23(5)20(27)24(6)19(16)26/h9-11,14H,7-8,21H2,1-6H3. The number of likely N-dealkylation sites (N-methyl/N-ethyl adjacent to an activating group) is 1. The van der Waals surface area contributed by atoms with Gasteiger partial charge in [0.25, 0.3) is 5.56 Å². The molecule has 2 rings (SSSR count). The fraction of sp³-hybridized carbons (Fsp3) is 0.450. The molecule has 0 aliphatic heterocycles. The fourth-order valence-electron chi connectivity index (χ4n) is 3.02. The molecule has 2 aromatic rings. The molecular weight excluding hydrogens is 360 g/mol. The van der Waals surface area contributed by atoms with E-state index in [1.54, 1.807) is 18.9 Å². The van der Waals surface area contributed by atoms with E-state index in [0.29, 0.717) is 13.2 Å². The topological polar surface area (TPSA) is 99.6 Å². The number of ketones is 1. The van der Waals surface area contributed by atoms with Crippen LogP contribution in [0.15, 0.2) is 27.8 Å². The van der Waals surface area contributed by atoms with Crippen molar-refractivity contribution >= 4 is 11.6 Å². The first-order valence-corrected chi connectivity index (χ1v) is 9.05. The normalized spacial score (nSPS) is 12.2. The maximum absolute atomic E-state index is 12.9. The summed E-state index contributed by atoms with van der Waals surface area (Å²) in [6, 6.07) is 5.38. The lowest BCUT2D eigenvalue weighted by Gasteiger charge is -2.24. The average Bonchev–Trinajstić information content (AvgIpc) is 2.63. The van der Waals surface area contributed by atoms with Crippen molar-refractivity contribution in [3.63, 3.8) is 0 Å². The second-order valence-corrected chi connectivity index (χ2v) is 7.16. The highest BCUT2D eigenvalue weighted by Crippen LogP contribution is 2.16. The molecule has 0 saturated heterocycles. The van der Waals surface area contributed by atoms with Gasteiger partial charge in [-0.1, -0.05) is 6.07 Å². The van der Waals surface area contributed by atoms with Crippen molar-refractivity contribution in [1.82, 2.24) is 14.0 Å². The van der Waals surface area contributed by atoms with Gasteiger partial charge in [-0.25, -0.2) is 4.79 Å². The summed E-state index contributed by atoms with van der Waals surface area (Å²) in [5.74, 6) is 0.230. The number of nitrogen functional groups attached to an aromatic ring is 1. The monoisotopic (exact) mass is 388 g/mol. The second-order valence-electron chi connectivity index (χ2n) is 7.16. The number of aromatic nitrogens is 2. The predicted octanol–water partition coefficient (Wildman–Crippen LogP) is 0.865. The number of benzene rings is 1. The minimum Gasteiger partial charge on any atom is -0.492 e. The van der Waals surface area contributed by atoms with Crippen LogP contribution in [0.3, 0.4) is 0 Å². The van der Waals surface area contributed by atoms with Gasteiger partial charge in [-0.3, -0.25) is 23.6 Å². The molecular formula is C20H28N4O4. The number of ether oxygens (including phenoxy) is 1. The van der Waals surface area contributed by atoms with E-state index in [4.69, 9.17) is 10.5 Å². The predicted molar refractivity (Wildman–Crippen MR) is 109 cm³/mol. The summed E-state index contributed by atoms with van der Waals surface area (Å²) in [5.41, 5.74) is 6.70. The minimum absolute atomic E-state index is 0.121. The van der Waals surface area contributed by atoms with Crippen LogP contribution in [0.2, 0.25) is 0 Å². The molecule has 1 heterocycles. The maximum atomic E-state index is 12.9. The van der Waals surface area contributed by atoms with E-state index in [1.807, 2.05) is 26.0 Å². The number of carbonyl (C=O) groups is 1. The zero-order valence-corrected chi connectivity index (χ0v) is 17.3. The van der Waals surface area contributed by atoms with Gasteiger partial charge in [-0.2, -0.15) is 0 Å². The van der Waals surface area contributed by atoms with E-state index >= 15 is 0 Å². The summed E-state index contributed by atoms with van der Waals surface area (Å²) in [7, 11) is 4.53. The van der Waals surface area contributed by atoms with Crippen LogP contribution in [0.5, 0.6) is 5.75 Å². The Morgan fingerprint density at radius 1 is 1.14 bits per heavy atom. The van der Waals surface area contributed by atoms with E-state index in [1.165, 1.54) is 14.1 Å². The van der Waals surface area contributed by atoms with Crippen LogP contribution in [0, 0.1) is 13.8 Å². The molecule has 8 heteroatoms. The summed E-state index contributed by atoms with van der Waals surface area (Å²) >= 11 is 0. The van der Waals surface area contributed by atoms with Crippen LogP contribution in [-0.2, 0) is 14.1 Å². The quantitative estimate of drug-likeness (QED) is 0.707. The Labute approximate surface area is 164 Å². The van der Waals surface area contributed by atoms with Crippen LogP contribution < -0.4 is 21.7 Å². The van der Waals surface area contributed by atoms with Crippen molar-refractivity contribution in [2.75, 3.05) is 25.9 Å². The molecule has 28 heavy (non-hydrogen) atoms. The second kappa shape index (κ2) is 8.43. The molecule has 1 aromatic heterocycles. The van der Waals surface area contributed by atoms with E-state index in [0.717, 1.165) is 26.0 Å². The number of rotatable bonds is 7. The van der Waals surface area contributed by atoms with Gasteiger partial charge in [-0.15, -0.1) is 0 Å². The highest BCUT2D eigenvalue weighted by molar-refractivity contribution is 6.03. The van der Waals surface area contributed by atoms with Gasteiger partial charge < -0.3 is 10.5 Å². The summed E-state index contributed by atoms with van der Waals surface area (Å²) in [6.45, 7) is 6.57. The highest BCUT2D eigenvalue weighted by Gasteiger charge is 2.27. The molecule has 0 radical (unpaired) electrons. The number of hydrogen-bond donors (Lipinski definition) is 1. The van der Waals surface area contributed by atoms with Crippen LogP contribution in [-0.4, -0.2) is 46.1 Å². The Hall–Kier alpha value is -2.87. The fourth-order valence-corrected chi connectivity index (χ4v) is 3.02. The zero-order chi connectivity index (χ0) is 21.2. The number of nitrogens with zero attached hydrogens (tertiary/aromatic N) is 3. The molecule has 1 atom stereocenters. The number of aryl methyl sites for hydroxylation is 2. The van der Waals surface area contributed by atoms with Gasteiger partial charge in [0.05, 0.1) is 6.04 Å². The Kier molecular flexibility index (Phi) is 6.45. The number of nitrogens with two attached hydrogens (primary N) is 1. The van der Waals surface area contributed by atoms with E-state index in [2.05, 4.69) is 6.07 Å². The van der Waals surface area contributed by atoms with E-state index in [9.17, 15) is 14.4 Å². The lowest BCUT2D eigenvalue weighted by molar-refractivity contribution is 0.0851. The lowest BCUT2D eigenvalue weighted by atomic mass is 10.1. The number of hydrogen-bond acceptors (Lipinski definition) is 6. The molecule has 8 nitrogen and oxygen atoms in total. The zero-order valence-electron chi connectivity index (χ0n) is 17.3. The van der Waals surface area contributed by atoms with Crippen molar-refractivity contribution < 1.29 is 9.53 Å². The largest absolute Gasteiger partial charge is 0.492 e. The van der Waals surface area contributed by atoms with Gasteiger partial charge in [0, 0.05) is 20.6 Å². The van der Waals surface area contributed by atoms with Crippen molar-refractivity contribution in [1.29, 1.82) is 0 Å². The average molecular weight is 388 g/mol. The molecule has 0 saturated carbocycles. The molecule has 0 aliphatic carbocycles. The Morgan fingerprint density at radius 3 is 2.29 bits per heavy atom. The third kappa shape index (κ3) is 4.33. The molecule has 2 N–H and O–H groups in total. The minimum atomic E-state index is -0.683. The first kappa shape index (κ1) is 21.4. The van der Waals surface area contributed by atoms with Crippen molar-refractivity contribution in [2.24, 2.45) is 14.1 Å². The van der Waals surface area contributed by atoms with Gasteiger partial charge >= 0.3 is 5.69 Å². The van der Waals surface area contributed by atoms with Crippen molar-refractivity contribution in [3.05, 3.63) is 55.7 Å². The molecule has 0 amide bonds.